The fraction of sp³-hybridized carbons (Fsp3) is 0.0667. The maximum atomic E-state index is 12.5. The summed E-state index contributed by atoms with van der Waals surface area (Å²) in [6, 6.07) is 15.4. The van der Waals surface area contributed by atoms with E-state index in [-0.39, 0.29) is 5.56 Å². The van der Waals surface area contributed by atoms with Crippen LogP contribution < -0.4 is 5.56 Å². The minimum atomic E-state index is -0.0167. The van der Waals surface area contributed by atoms with Gasteiger partial charge >= 0.3 is 0 Å². The number of rotatable bonds is 2. The van der Waals surface area contributed by atoms with Crippen molar-refractivity contribution in [2.75, 3.05) is 0 Å². The summed E-state index contributed by atoms with van der Waals surface area (Å²) in [7, 11) is 0. The van der Waals surface area contributed by atoms with Crippen LogP contribution in [0.5, 0.6) is 0 Å². The van der Waals surface area contributed by atoms with E-state index in [4.69, 9.17) is 0 Å². The largest absolute Gasteiger partial charge is 0.272 e. The Morgan fingerprint density at radius 2 is 1.79 bits per heavy atom. The fourth-order valence-electron chi connectivity index (χ4n) is 1.91. The summed E-state index contributed by atoms with van der Waals surface area (Å²) < 4.78 is 1.58. The molecule has 0 radical (unpaired) electrons. The Kier molecular flexibility index (Phi) is 3.09. The molecule has 0 fully saturated rings. The maximum absolute atomic E-state index is 12.5. The molecule has 3 nitrogen and oxygen atoms in total. The predicted molar refractivity (Wildman–Crippen MR) is 76.8 cm³/mol. The Hall–Kier alpha value is -2.07. The summed E-state index contributed by atoms with van der Waals surface area (Å²) in [5, 5.41) is 0. The van der Waals surface area contributed by atoms with Crippen LogP contribution in [-0.2, 0) is 0 Å². The molecule has 0 aliphatic rings. The van der Waals surface area contributed by atoms with Crippen LogP contribution in [0.2, 0.25) is 0 Å². The summed E-state index contributed by atoms with van der Waals surface area (Å²) in [5.74, 6) is 0. The molecule has 4 heteroatoms. The average molecular weight is 268 g/mol. The molecule has 1 aromatic carbocycles. The van der Waals surface area contributed by atoms with Crippen LogP contribution in [0.3, 0.4) is 0 Å². The molecule has 0 saturated heterocycles. The van der Waals surface area contributed by atoms with Crippen LogP contribution >= 0.6 is 11.8 Å². The molecule has 0 spiro atoms. The van der Waals surface area contributed by atoms with E-state index in [9.17, 15) is 4.79 Å². The zero-order chi connectivity index (χ0) is 13.2. The van der Waals surface area contributed by atoms with Gasteiger partial charge in [-0.1, -0.05) is 36.0 Å². The lowest BCUT2D eigenvalue weighted by Crippen LogP contribution is -2.18. The first-order chi connectivity index (χ1) is 9.25. The summed E-state index contributed by atoms with van der Waals surface area (Å²) in [4.78, 5) is 18.6. The van der Waals surface area contributed by atoms with E-state index >= 15 is 0 Å². The van der Waals surface area contributed by atoms with Crippen LogP contribution in [0.4, 0.5) is 0 Å². The normalized spacial score (nSPS) is 10.8. The van der Waals surface area contributed by atoms with E-state index in [1.165, 1.54) is 11.8 Å². The van der Waals surface area contributed by atoms with Crippen molar-refractivity contribution in [1.29, 1.82) is 0 Å². The Morgan fingerprint density at radius 1 is 1.05 bits per heavy atom. The second-order valence-corrected chi connectivity index (χ2v) is 5.26. The summed E-state index contributed by atoms with van der Waals surface area (Å²) in [6.45, 7) is 1.87. The van der Waals surface area contributed by atoms with Gasteiger partial charge in [0.2, 0.25) is 0 Å². The first-order valence-corrected chi connectivity index (χ1v) is 6.78. The minimum absolute atomic E-state index is 0.0167. The highest BCUT2D eigenvalue weighted by Crippen LogP contribution is 2.26. The monoisotopic (exact) mass is 268 g/mol. The molecule has 0 aliphatic carbocycles. The number of pyridine rings is 1. The molecule has 2 aromatic heterocycles. The van der Waals surface area contributed by atoms with Gasteiger partial charge in [-0.05, 0) is 31.2 Å². The fourth-order valence-corrected chi connectivity index (χ4v) is 2.82. The molecule has 0 bridgehead atoms. The van der Waals surface area contributed by atoms with Gasteiger partial charge in [0.05, 0.1) is 10.6 Å². The number of aryl methyl sites for hydroxylation is 1. The topological polar surface area (TPSA) is 34.4 Å². The maximum Gasteiger partial charge on any atom is 0.272 e. The van der Waals surface area contributed by atoms with Crippen molar-refractivity contribution in [3.05, 3.63) is 70.8 Å². The predicted octanol–water partition coefficient (Wildman–Crippen LogP) is 3.15. The van der Waals surface area contributed by atoms with Crippen LogP contribution in [0.15, 0.2) is 69.3 Å². The SMILES string of the molecule is Cc1nc2ccccn2c(=O)c1Sc1ccccc1. The number of hydrogen-bond acceptors (Lipinski definition) is 3. The molecule has 94 valence electrons. The molecular weight excluding hydrogens is 256 g/mol. The van der Waals surface area contributed by atoms with Gasteiger partial charge in [-0.25, -0.2) is 4.98 Å². The quantitative estimate of drug-likeness (QED) is 0.716. The third kappa shape index (κ3) is 2.27. The minimum Gasteiger partial charge on any atom is -0.268 e. The van der Waals surface area contributed by atoms with Gasteiger partial charge < -0.3 is 0 Å². The summed E-state index contributed by atoms with van der Waals surface area (Å²) in [6.07, 6.45) is 1.75. The van der Waals surface area contributed by atoms with Crippen LogP contribution in [-0.4, -0.2) is 9.38 Å². The van der Waals surface area contributed by atoms with Crippen molar-refractivity contribution >= 4 is 17.4 Å². The van der Waals surface area contributed by atoms with E-state index in [2.05, 4.69) is 4.98 Å². The van der Waals surface area contributed by atoms with E-state index in [1.54, 1.807) is 10.6 Å². The van der Waals surface area contributed by atoms with Crippen molar-refractivity contribution in [1.82, 2.24) is 9.38 Å². The highest BCUT2D eigenvalue weighted by molar-refractivity contribution is 7.99. The Balaban J connectivity index is 2.16. The number of aromatic nitrogens is 2. The third-order valence-corrected chi connectivity index (χ3v) is 4.01. The van der Waals surface area contributed by atoms with Gasteiger partial charge in [-0.2, -0.15) is 0 Å². The van der Waals surface area contributed by atoms with Crippen molar-refractivity contribution in [3.63, 3.8) is 0 Å². The van der Waals surface area contributed by atoms with Crippen LogP contribution in [0.25, 0.3) is 5.65 Å². The van der Waals surface area contributed by atoms with Gasteiger partial charge in [0, 0.05) is 11.1 Å². The zero-order valence-corrected chi connectivity index (χ0v) is 11.2. The van der Waals surface area contributed by atoms with Crippen molar-refractivity contribution < 1.29 is 0 Å². The Morgan fingerprint density at radius 3 is 2.58 bits per heavy atom. The van der Waals surface area contributed by atoms with Gasteiger partial charge in [0.1, 0.15) is 5.65 Å². The first-order valence-electron chi connectivity index (χ1n) is 5.96. The molecule has 0 amide bonds. The Bertz CT molecular complexity index is 781. The molecule has 3 rings (SSSR count). The van der Waals surface area contributed by atoms with E-state index < -0.39 is 0 Å². The molecule has 0 N–H and O–H groups in total. The van der Waals surface area contributed by atoms with Crippen molar-refractivity contribution in [3.8, 4) is 0 Å². The van der Waals surface area contributed by atoms with E-state index in [1.807, 2.05) is 55.5 Å². The number of hydrogen-bond donors (Lipinski definition) is 0. The van der Waals surface area contributed by atoms with Crippen LogP contribution in [0.1, 0.15) is 5.69 Å². The molecule has 0 aliphatic heterocycles. The Labute approximate surface area is 114 Å². The third-order valence-electron chi connectivity index (χ3n) is 2.83. The van der Waals surface area contributed by atoms with E-state index in [0.29, 0.717) is 10.5 Å². The molecular formula is C15H12N2OS. The van der Waals surface area contributed by atoms with Gasteiger partial charge in [0.15, 0.2) is 0 Å². The number of fused-ring (bicyclic) bond motifs is 1. The summed E-state index contributed by atoms with van der Waals surface area (Å²) in [5.41, 5.74) is 1.43. The second-order valence-electron chi connectivity index (χ2n) is 4.18. The van der Waals surface area contributed by atoms with Crippen molar-refractivity contribution in [2.45, 2.75) is 16.7 Å². The molecule has 19 heavy (non-hydrogen) atoms. The highest BCUT2D eigenvalue weighted by atomic mass is 32.2. The highest BCUT2D eigenvalue weighted by Gasteiger charge is 2.10. The molecule has 0 unspecified atom stereocenters. The summed E-state index contributed by atoms with van der Waals surface area (Å²) >= 11 is 1.46. The average Bonchev–Trinajstić information content (AvgIpc) is 2.45. The van der Waals surface area contributed by atoms with Gasteiger partial charge in [-0.15, -0.1) is 0 Å². The number of benzene rings is 1. The van der Waals surface area contributed by atoms with E-state index in [0.717, 1.165) is 10.6 Å². The first kappa shape index (κ1) is 12.0. The van der Waals surface area contributed by atoms with Gasteiger partial charge in [0.25, 0.3) is 5.56 Å². The lowest BCUT2D eigenvalue weighted by atomic mass is 10.4. The second kappa shape index (κ2) is 4.90. The molecule has 0 saturated carbocycles. The molecule has 3 aromatic rings. The van der Waals surface area contributed by atoms with Crippen molar-refractivity contribution in [2.24, 2.45) is 0 Å². The molecule has 2 heterocycles. The lowest BCUT2D eigenvalue weighted by Gasteiger charge is -2.07. The standard InChI is InChI=1S/C15H12N2OS/c1-11-14(19-12-7-3-2-4-8-12)15(18)17-10-6-5-9-13(17)16-11/h2-10H,1H3. The lowest BCUT2D eigenvalue weighted by molar-refractivity contribution is 0.948. The smallest absolute Gasteiger partial charge is 0.268 e. The van der Waals surface area contributed by atoms with Crippen LogP contribution in [0, 0.1) is 6.92 Å². The zero-order valence-electron chi connectivity index (χ0n) is 10.4. The molecule has 0 atom stereocenters. The number of nitrogens with zero attached hydrogens (tertiary/aromatic N) is 2. The van der Waals surface area contributed by atoms with Gasteiger partial charge in [-0.3, -0.25) is 9.20 Å².